The van der Waals surface area contributed by atoms with E-state index in [0.717, 1.165) is 43.2 Å². The molecule has 0 radical (unpaired) electrons. The van der Waals surface area contributed by atoms with Crippen LogP contribution < -0.4 is 10.1 Å². The minimum atomic E-state index is -0.235. The zero-order valence-electron chi connectivity index (χ0n) is 14.5. The third-order valence-corrected chi connectivity index (χ3v) is 4.60. The molecule has 0 saturated carbocycles. The molecule has 128 valence electrons. The maximum Gasteiger partial charge on any atom is 0.415 e. The smallest absolute Gasteiger partial charge is 0.410 e. The highest BCUT2D eigenvalue weighted by molar-refractivity contribution is 5.90. The van der Waals surface area contributed by atoms with Crippen LogP contribution in [0.4, 0.5) is 4.79 Å². The van der Waals surface area contributed by atoms with Gasteiger partial charge in [0.15, 0.2) is 0 Å². The summed E-state index contributed by atoms with van der Waals surface area (Å²) in [4.78, 5) is 14.7. The van der Waals surface area contributed by atoms with Crippen LogP contribution in [-0.2, 0) is 0 Å². The average Bonchev–Trinajstić information content (AvgIpc) is 3.09. The predicted octanol–water partition coefficient (Wildman–Crippen LogP) is 4.05. The number of amides is 1. The molecular weight excluding hydrogens is 300 g/mol. The zero-order valence-corrected chi connectivity index (χ0v) is 14.5. The van der Waals surface area contributed by atoms with E-state index in [1.54, 1.807) is 0 Å². The van der Waals surface area contributed by atoms with Crippen molar-refractivity contribution in [2.75, 3.05) is 19.6 Å². The first-order valence-electron chi connectivity index (χ1n) is 8.82. The van der Waals surface area contributed by atoms with Crippen molar-refractivity contribution in [2.24, 2.45) is 5.92 Å². The first-order chi connectivity index (χ1) is 11.6. The van der Waals surface area contributed by atoms with Gasteiger partial charge in [0.1, 0.15) is 5.75 Å². The van der Waals surface area contributed by atoms with Crippen molar-refractivity contribution < 1.29 is 9.53 Å². The summed E-state index contributed by atoms with van der Waals surface area (Å²) in [6, 6.07) is 14.0. The summed E-state index contributed by atoms with van der Waals surface area (Å²) in [5.74, 6) is 1.20. The molecule has 1 heterocycles. The number of nitrogens with one attached hydrogen (secondary N) is 1. The van der Waals surface area contributed by atoms with E-state index in [4.69, 9.17) is 4.74 Å². The van der Waals surface area contributed by atoms with Crippen LogP contribution in [0.15, 0.2) is 42.5 Å². The second-order valence-corrected chi connectivity index (χ2v) is 6.87. The van der Waals surface area contributed by atoms with E-state index in [0.29, 0.717) is 11.7 Å². The summed E-state index contributed by atoms with van der Waals surface area (Å²) in [6.07, 6.45) is 1.74. The van der Waals surface area contributed by atoms with Crippen LogP contribution in [0.5, 0.6) is 5.75 Å². The predicted molar refractivity (Wildman–Crippen MR) is 97.4 cm³/mol. The Labute approximate surface area is 143 Å². The number of benzene rings is 2. The first-order valence-corrected chi connectivity index (χ1v) is 8.82. The van der Waals surface area contributed by atoms with Gasteiger partial charge in [-0.25, -0.2) is 4.79 Å². The minimum Gasteiger partial charge on any atom is -0.410 e. The Balaban J connectivity index is 1.78. The van der Waals surface area contributed by atoms with Crippen LogP contribution in [0.2, 0.25) is 0 Å². The Bertz CT molecular complexity index is 688. The molecule has 0 spiro atoms. The van der Waals surface area contributed by atoms with Crippen LogP contribution in [0, 0.1) is 5.92 Å². The van der Waals surface area contributed by atoms with Gasteiger partial charge in [-0.05, 0) is 36.8 Å². The fourth-order valence-corrected chi connectivity index (χ4v) is 3.16. The van der Waals surface area contributed by atoms with E-state index < -0.39 is 0 Å². The normalized spacial score (nSPS) is 17.4. The molecular formula is C20H26N2O2. The Morgan fingerprint density at radius 2 is 2.04 bits per heavy atom. The Kier molecular flexibility index (Phi) is 5.36. The van der Waals surface area contributed by atoms with Gasteiger partial charge in [0, 0.05) is 24.5 Å². The van der Waals surface area contributed by atoms with Crippen molar-refractivity contribution in [3.8, 4) is 5.75 Å². The quantitative estimate of drug-likeness (QED) is 0.901. The van der Waals surface area contributed by atoms with E-state index in [-0.39, 0.29) is 12.1 Å². The van der Waals surface area contributed by atoms with Crippen molar-refractivity contribution in [3.63, 3.8) is 0 Å². The highest BCUT2D eigenvalue weighted by Crippen LogP contribution is 2.26. The summed E-state index contributed by atoms with van der Waals surface area (Å²) in [5.41, 5.74) is 0. The first kappa shape index (κ1) is 16.8. The largest absolute Gasteiger partial charge is 0.415 e. The van der Waals surface area contributed by atoms with Crippen LogP contribution in [0.1, 0.15) is 26.7 Å². The molecule has 0 aliphatic carbocycles. The molecule has 2 aromatic rings. The van der Waals surface area contributed by atoms with Gasteiger partial charge in [-0.3, -0.25) is 0 Å². The lowest BCUT2D eigenvalue weighted by Gasteiger charge is -2.28. The Morgan fingerprint density at radius 3 is 2.79 bits per heavy atom. The molecule has 3 rings (SSSR count). The van der Waals surface area contributed by atoms with Crippen LogP contribution in [0.3, 0.4) is 0 Å². The van der Waals surface area contributed by atoms with Gasteiger partial charge in [-0.15, -0.1) is 0 Å². The number of hydrogen-bond acceptors (Lipinski definition) is 3. The van der Waals surface area contributed by atoms with Crippen molar-refractivity contribution in [3.05, 3.63) is 42.5 Å². The number of carbonyl (C=O) groups excluding carboxylic acids is 1. The van der Waals surface area contributed by atoms with Crippen LogP contribution >= 0.6 is 0 Å². The number of carbonyl (C=O) groups is 1. The summed E-state index contributed by atoms with van der Waals surface area (Å²) >= 11 is 0. The molecule has 1 unspecified atom stereocenters. The van der Waals surface area contributed by atoms with E-state index in [1.165, 1.54) is 0 Å². The Morgan fingerprint density at radius 1 is 1.25 bits per heavy atom. The van der Waals surface area contributed by atoms with Crippen molar-refractivity contribution >= 4 is 16.9 Å². The second kappa shape index (κ2) is 7.67. The molecule has 1 aliphatic rings. The summed E-state index contributed by atoms with van der Waals surface area (Å²) in [6.45, 7) is 6.92. The summed E-state index contributed by atoms with van der Waals surface area (Å²) in [7, 11) is 0. The van der Waals surface area contributed by atoms with E-state index in [2.05, 4.69) is 19.2 Å². The summed E-state index contributed by atoms with van der Waals surface area (Å²) in [5, 5.41) is 5.40. The van der Waals surface area contributed by atoms with Crippen molar-refractivity contribution in [1.29, 1.82) is 0 Å². The molecule has 24 heavy (non-hydrogen) atoms. The van der Waals surface area contributed by atoms with E-state index >= 15 is 0 Å². The molecule has 1 fully saturated rings. The molecule has 4 heteroatoms. The fourth-order valence-electron chi connectivity index (χ4n) is 3.16. The van der Waals surface area contributed by atoms with Crippen LogP contribution in [0.25, 0.3) is 10.8 Å². The number of hydrogen-bond donors (Lipinski definition) is 1. The highest BCUT2D eigenvalue weighted by Gasteiger charge is 2.28. The molecule has 1 saturated heterocycles. The van der Waals surface area contributed by atoms with Crippen LogP contribution in [-0.4, -0.2) is 36.7 Å². The number of ether oxygens (including phenoxy) is 1. The average molecular weight is 326 g/mol. The van der Waals surface area contributed by atoms with E-state index in [1.807, 2.05) is 47.4 Å². The maximum absolute atomic E-state index is 12.8. The zero-order chi connectivity index (χ0) is 16.9. The monoisotopic (exact) mass is 326 g/mol. The van der Waals surface area contributed by atoms with Gasteiger partial charge in [-0.2, -0.15) is 0 Å². The lowest BCUT2D eigenvalue weighted by molar-refractivity contribution is 0.132. The molecule has 1 aliphatic heterocycles. The van der Waals surface area contributed by atoms with Gasteiger partial charge in [-0.1, -0.05) is 50.2 Å². The van der Waals surface area contributed by atoms with Crippen molar-refractivity contribution in [2.45, 2.75) is 32.7 Å². The third kappa shape index (κ3) is 3.88. The van der Waals surface area contributed by atoms with Gasteiger partial charge in [0.25, 0.3) is 0 Å². The summed E-state index contributed by atoms with van der Waals surface area (Å²) < 4.78 is 5.79. The lowest BCUT2D eigenvalue weighted by Crippen LogP contribution is -2.44. The lowest BCUT2D eigenvalue weighted by atomic mass is 10.1. The maximum atomic E-state index is 12.8. The minimum absolute atomic E-state index is 0.228. The van der Waals surface area contributed by atoms with E-state index in [9.17, 15) is 4.79 Å². The second-order valence-electron chi connectivity index (χ2n) is 6.87. The van der Waals surface area contributed by atoms with Gasteiger partial charge in [0.05, 0.1) is 0 Å². The number of nitrogens with zero attached hydrogens (tertiary/aromatic N) is 1. The molecule has 1 amide bonds. The van der Waals surface area contributed by atoms with Gasteiger partial charge in [0.2, 0.25) is 0 Å². The Hall–Kier alpha value is -2.07. The standard InChI is InChI=1S/C20H26N2O2/c1-15(2)11-13-22(17-10-12-21-14-17)20(23)24-19-9-5-7-16-6-3-4-8-18(16)19/h3-9,15,17,21H,10-14H2,1-2H3. The molecule has 4 nitrogen and oxygen atoms in total. The highest BCUT2D eigenvalue weighted by atomic mass is 16.6. The topological polar surface area (TPSA) is 41.6 Å². The number of rotatable bonds is 5. The SMILES string of the molecule is CC(C)CCN(C(=O)Oc1cccc2ccccc12)C1CCNC1. The van der Waals surface area contributed by atoms with Gasteiger partial charge < -0.3 is 15.0 Å². The molecule has 1 atom stereocenters. The third-order valence-electron chi connectivity index (χ3n) is 4.60. The molecule has 1 N–H and O–H groups in total. The van der Waals surface area contributed by atoms with Gasteiger partial charge >= 0.3 is 6.09 Å². The number of fused-ring (bicyclic) bond motifs is 1. The molecule has 0 aromatic heterocycles. The van der Waals surface area contributed by atoms with Crippen molar-refractivity contribution in [1.82, 2.24) is 10.2 Å². The fraction of sp³-hybridized carbons (Fsp3) is 0.450. The molecule has 2 aromatic carbocycles. The molecule has 0 bridgehead atoms.